The van der Waals surface area contributed by atoms with Crippen LogP contribution in [0.1, 0.15) is 17.4 Å². The second-order valence-corrected chi connectivity index (χ2v) is 5.68. The van der Waals surface area contributed by atoms with Crippen LogP contribution >= 0.6 is 11.6 Å². The lowest BCUT2D eigenvalue weighted by molar-refractivity contribution is -0.115. The second kappa shape index (κ2) is 7.81. The second-order valence-electron chi connectivity index (χ2n) is 5.27. The standard InChI is InChI=1S/C19H17ClN2O2/c20-15-9-4-5-10-16(15)22-18(23)13-21-19(17-11-6-12-24-17)14-7-2-1-3-8-14/h1-12,19,21H,13H2,(H,22,23)/t19-/m1/s1. The van der Waals surface area contributed by atoms with E-state index in [2.05, 4.69) is 10.6 Å². The quantitative estimate of drug-likeness (QED) is 0.705. The highest BCUT2D eigenvalue weighted by Crippen LogP contribution is 2.23. The molecule has 0 saturated carbocycles. The number of hydrogen-bond acceptors (Lipinski definition) is 3. The predicted molar refractivity (Wildman–Crippen MR) is 95.1 cm³/mol. The van der Waals surface area contributed by atoms with Crippen LogP contribution in [0.2, 0.25) is 5.02 Å². The van der Waals surface area contributed by atoms with Crippen LogP contribution in [-0.4, -0.2) is 12.5 Å². The molecule has 2 N–H and O–H groups in total. The summed E-state index contributed by atoms with van der Waals surface area (Å²) in [6, 6.07) is 20.5. The summed E-state index contributed by atoms with van der Waals surface area (Å²) in [5.41, 5.74) is 1.62. The number of halogens is 1. The molecule has 0 aliphatic rings. The van der Waals surface area contributed by atoms with E-state index in [4.69, 9.17) is 16.0 Å². The Morgan fingerprint density at radius 2 is 1.75 bits per heavy atom. The van der Waals surface area contributed by atoms with Crippen LogP contribution in [0.3, 0.4) is 0 Å². The summed E-state index contributed by atoms with van der Waals surface area (Å²) in [4.78, 5) is 12.2. The van der Waals surface area contributed by atoms with Crippen molar-refractivity contribution in [3.05, 3.63) is 89.3 Å². The van der Waals surface area contributed by atoms with Gasteiger partial charge in [0.1, 0.15) is 5.76 Å². The Balaban J connectivity index is 1.68. The van der Waals surface area contributed by atoms with Crippen molar-refractivity contribution in [2.24, 2.45) is 0 Å². The smallest absolute Gasteiger partial charge is 0.238 e. The van der Waals surface area contributed by atoms with E-state index in [0.29, 0.717) is 10.7 Å². The van der Waals surface area contributed by atoms with Gasteiger partial charge in [0.25, 0.3) is 0 Å². The maximum atomic E-state index is 12.2. The van der Waals surface area contributed by atoms with Gasteiger partial charge in [-0.2, -0.15) is 0 Å². The van der Waals surface area contributed by atoms with Gasteiger partial charge < -0.3 is 9.73 Å². The number of carbonyl (C=O) groups excluding carboxylic acids is 1. The fourth-order valence-corrected chi connectivity index (χ4v) is 2.62. The summed E-state index contributed by atoms with van der Waals surface area (Å²) in [7, 11) is 0. The van der Waals surface area contributed by atoms with Crippen molar-refractivity contribution in [2.75, 3.05) is 11.9 Å². The fourth-order valence-electron chi connectivity index (χ4n) is 2.44. The number of para-hydroxylation sites is 1. The normalized spacial score (nSPS) is 11.9. The third-order valence-electron chi connectivity index (χ3n) is 3.58. The Morgan fingerprint density at radius 3 is 2.46 bits per heavy atom. The summed E-state index contributed by atoms with van der Waals surface area (Å²) in [5, 5.41) is 6.54. The van der Waals surface area contributed by atoms with Crippen LogP contribution in [0.5, 0.6) is 0 Å². The molecule has 0 bridgehead atoms. The first-order valence-corrected chi connectivity index (χ1v) is 7.98. The van der Waals surface area contributed by atoms with Gasteiger partial charge in [-0.25, -0.2) is 0 Å². The minimum Gasteiger partial charge on any atom is -0.467 e. The summed E-state index contributed by atoms with van der Waals surface area (Å²) >= 11 is 6.06. The Kier molecular flexibility index (Phi) is 5.31. The first-order chi connectivity index (χ1) is 11.7. The van der Waals surface area contributed by atoms with Crippen molar-refractivity contribution in [2.45, 2.75) is 6.04 Å². The summed E-state index contributed by atoms with van der Waals surface area (Å²) in [6.07, 6.45) is 1.62. The van der Waals surface area contributed by atoms with Crippen molar-refractivity contribution in [1.82, 2.24) is 5.32 Å². The van der Waals surface area contributed by atoms with Crippen LogP contribution in [0.4, 0.5) is 5.69 Å². The molecule has 0 unspecified atom stereocenters. The molecule has 122 valence electrons. The van der Waals surface area contributed by atoms with Crippen LogP contribution in [-0.2, 0) is 4.79 Å². The molecule has 0 aliphatic heterocycles. The van der Waals surface area contributed by atoms with Crippen molar-refractivity contribution in [3.63, 3.8) is 0 Å². The molecular weight excluding hydrogens is 324 g/mol. The molecule has 2 aromatic carbocycles. The van der Waals surface area contributed by atoms with Crippen molar-refractivity contribution in [3.8, 4) is 0 Å². The fraction of sp³-hybridized carbons (Fsp3) is 0.105. The summed E-state index contributed by atoms with van der Waals surface area (Å²) in [5.74, 6) is 0.585. The average molecular weight is 341 g/mol. The van der Waals surface area contributed by atoms with Crippen LogP contribution in [0.25, 0.3) is 0 Å². The number of furan rings is 1. The number of carbonyl (C=O) groups is 1. The Labute approximate surface area is 145 Å². The molecule has 1 aromatic heterocycles. The van der Waals surface area contributed by atoms with Gasteiger partial charge in [-0.05, 0) is 29.8 Å². The maximum Gasteiger partial charge on any atom is 0.238 e. The largest absolute Gasteiger partial charge is 0.467 e. The number of hydrogen-bond donors (Lipinski definition) is 2. The first kappa shape index (κ1) is 16.3. The van der Waals surface area contributed by atoms with Crippen LogP contribution in [0, 0.1) is 0 Å². The average Bonchev–Trinajstić information content (AvgIpc) is 3.12. The monoisotopic (exact) mass is 340 g/mol. The Hall–Kier alpha value is -2.56. The van der Waals surface area contributed by atoms with E-state index >= 15 is 0 Å². The molecule has 1 atom stereocenters. The lowest BCUT2D eigenvalue weighted by Crippen LogP contribution is -2.31. The number of benzene rings is 2. The highest BCUT2D eigenvalue weighted by atomic mass is 35.5. The van der Waals surface area contributed by atoms with Gasteiger partial charge in [0, 0.05) is 0 Å². The molecule has 4 nitrogen and oxygen atoms in total. The number of nitrogens with one attached hydrogen (secondary N) is 2. The van der Waals surface area contributed by atoms with Gasteiger partial charge in [0.05, 0.1) is 29.6 Å². The number of amides is 1. The third-order valence-corrected chi connectivity index (χ3v) is 3.90. The van der Waals surface area contributed by atoms with Gasteiger partial charge in [-0.1, -0.05) is 54.1 Å². The van der Waals surface area contributed by atoms with E-state index < -0.39 is 0 Å². The van der Waals surface area contributed by atoms with Crippen LogP contribution < -0.4 is 10.6 Å². The molecule has 5 heteroatoms. The zero-order valence-electron chi connectivity index (χ0n) is 12.9. The van der Waals surface area contributed by atoms with Gasteiger partial charge >= 0.3 is 0 Å². The predicted octanol–water partition coefficient (Wildman–Crippen LogP) is 4.25. The molecule has 3 aromatic rings. The molecule has 1 amide bonds. The van der Waals surface area contributed by atoms with Gasteiger partial charge in [0.15, 0.2) is 0 Å². The molecule has 3 rings (SSSR count). The van der Waals surface area contributed by atoms with E-state index in [1.165, 1.54) is 0 Å². The highest BCUT2D eigenvalue weighted by Gasteiger charge is 2.17. The van der Waals surface area contributed by atoms with Crippen molar-refractivity contribution in [1.29, 1.82) is 0 Å². The molecule has 0 saturated heterocycles. The van der Waals surface area contributed by atoms with Crippen LogP contribution in [0.15, 0.2) is 77.4 Å². The SMILES string of the molecule is O=C(CN[C@H](c1ccccc1)c1ccco1)Nc1ccccc1Cl. The zero-order valence-corrected chi connectivity index (χ0v) is 13.7. The third kappa shape index (κ3) is 4.04. The Bertz CT molecular complexity index is 788. The number of anilines is 1. The van der Waals surface area contributed by atoms with Gasteiger partial charge in [-0.3, -0.25) is 10.1 Å². The van der Waals surface area contributed by atoms with Gasteiger partial charge in [-0.15, -0.1) is 0 Å². The molecule has 24 heavy (non-hydrogen) atoms. The molecular formula is C19H17ClN2O2. The number of rotatable bonds is 6. The van der Waals surface area contributed by atoms with E-state index in [9.17, 15) is 4.79 Å². The maximum absolute atomic E-state index is 12.2. The molecule has 0 fully saturated rings. The molecule has 0 aliphatic carbocycles. The van der Waals surface area contributed by atoms with Crippen molar-refractivity contribution < 1.29 is 9.21 Å². The van der Waals surface area contributed by atoms with E-state index in [-0.39, 0.29) is 18.5 Å². The van der Waals surface area contributed by atoms with Gasteiger partial charge in [0.2, 0.25) is 5.91 Å². The molecule has 1 heterocycles. The van der Waals surface area contributed by atoms with E-state index in [1.807, 2.05) is 54.6 Å². The molecule has 0 spiro atoms. The topological polar surface area (TPSA) is 54.3 Å². The van der Waals surface area contributed by atoms with Crippen molar-refractivity contribution >= 4 is 23.2 Å². The minimum atomic E-state index is -0.196. The zero-order chi connectivity index (χ0) is 16.8. The first-order valence-electron chi connectivity index (χ1n) is 7.60. The highest BCUT2D eigenvalue weighted by molar-refractivity contribution is 6.33. The molecule has 0 radical (unpaired) electrons. The summed E-state index contributed by atoms with van der Waals surface area (Å²) < 4.78 is 5.50. The van der Waals surface area contributed by atoms with E-state index in [1.54, 1.807) is 18.4 Å². The van der Waals surface area contributed by atoms with E-state index in [0.717, 1.165) is 11.3 Å². The minimum absolute atomic E-state index is 0.130. The summed E-state index contributed by atoms with van der Waals surface area (Å²) in [6.45, 7) is 0.130. The Morgan fingerprint density at radius 1 is 1.00 bits per heavy atom. The lowest BCUT2D eigenvalue weighted by atomic mass is 10.0. The lowest BCUT2D eigenvalue weighted by Gasteiger charge is -2.17.